The normalized spacial score (nSPS) is 29.1. The molecular weight excluding hydrogens is 208 g/mol. The largest absolute Gasteiger partial charge is 0.325 e. The first-order valence-electron chi connectivity index (χ1n) is 3.87. The van der Waals surface area contributed by atoms with Crippen molar-refractivity contribution in [2.24, 2.45) is 0 Å². The lowest BCUT2D eigenvalue weighted by molar-refractivity contribution is -0.120. The molecule has 0 spiro atoms. The molecule has 4 nitrogen and oxygen atoms in total. The fourth-order valence-corrected chi connectivity index (χ4v) is 1.40. The summed E-state index contributed by atoms with van der Waals surface area (Å²) in [5.74, 6) is -0.344. The van der Waals surface area contributed by atoms with E-state index in [2.05, 4.69) is 35.9 Å². The summed E-state index contributed by atoms with van der Waals surface area (Å²) < 4.78 is -0.653. The summed E-state index contributed by atoms with van der Waals surface area (Å²) in [6, 6.07) is -1.08. The Kier molecular flexibility index (Phi) is 2.82. The SMILES string of the molecule is CC(S)C(C)(S)C1NC(=O)NC1=O. The number of carbonyl (C=O) groups is 2. The van der Waals surface area contributed by atoms with Crippen LogP contribution < -0.4 is 10.6 Å². The Morgan fingerprint density at radius 1 is 1.54 bits per heavy atom. The van der Waals surface area contributed by atoms with Crippen molar-refractivity contribution >= 4 is 37.2 Å². The second-order valence-corrected chi connectivity index (χ2v) is 5.04. The minimum absolute atomic E-state index is 0.106. The van der Waals surface area contributed by atoms with Crippen LogP contribution in [0.4, 0.5) is 4.79 Å². The zero-order chi connectivity index (χ0) is 10.2. The van der Waals surface area contributed by atoms with Gasteiger partial charge in [0.2, 0.25) is 0 Å². The standard InChI is InChI=1S/C7H12N2O2S2/c1-3(12)7(2,13)4-5(10)9-6(11)8-4/h3-4,12-13H,1-2H3,(H2,8,9,10,11). The molecule has 0 bridgehead atoms. The average molecular weight is 220 g/mol. The minimum Gasteiger partial charge on any atom is -0.325 e. The predicted octanol–water partition coefficient (Wildman–Crippen LogP) is 0.201. The second kappa shape index (κ2) is 3.42. The molecule has 1 aliphatic rings. The number of rotatable bonds is 2. The monoisotopic (exact) mass is 220 g/mol. The quantitative estimate of drug-likeness (QED) is 0.397. The van der Waals surface area contributed by atoms with Gasteiger partial charge in [-0.05, 0) is 6.92 Å². The summed E-state index contributed by atoms with van der Waals surface area (Å²) in [6.45, 7) is 3.59. The highest BCUT2D eigenvalue weighted by molar-refractivity contribution is 7.85. The summed E-state index contributed by atoms with van der Waals surface area (Å²) in [6.07, 6.45) is 0. The van der Waals surface area contributed by atoms with Crippen LogP contribution >= 0.6 is 25.3 Å². The molecule has 0 saturated carbocycles. The molecule has 13 heavy (non-hydrogen) atoms. The number of carbonyl (C=O) groups excluding carboxylic acids is 2. The smallest absolute Gasteiger partial charge is 0.322 e. The Labute approximate surface area is 87.7 Å². The first-order chi connectivity index (χ1) is 5.85. The maximum atomic E-state index is 11.3. The first kappa shape index (κ1) is 10.7. The zero-order valence-electron chi connectivity index (χ0n) is 7.37. The molecule has 2 N–H and O–H groups in total. The van der Waals surface area contributed by atoms with Gasteiger partial charge in [-0.25, -0.2) is 4.79 Å². The number of nitrogens with one attached hydrogen (secondary N) is 2. The molecule has 1 saturated heterocycles. The van der Waals surface area contributed by atoms with E-state index in [4.69, 9.17) is 0 Å². The summed E-state index contributed by atoms with van der Waals surface area (Å²) in [5, 5.41) is 4.55. The van der Waals surface area contributed by atoms with Crippen molar-refractivity contribution in [1.82, 2.24) is 10.6 Å². The van der Waals surface area contributed by atoms with Gasteiger partial charge in [-0.2, -0.15) is 25.3 Å². The van der Waals surface area contributed by atoms with E-state index in [1.165, 1.54) is 0 Å². The Morgan fingerprint density at radius 3 is 2.38 bits per heavy atom. The average Bonchev–Trinajstić information content (AvgIpc) is 2.30. The Morgan fingerprint density at radius 2 is 2.08 bits per heavy atom. The van der Waals surface area contributed by atoms with Crippen molar-refractivity contribution in [2.45, 2.75) is 29.9 Å². The van der Waals surface area contributed by atoms with Crippen LogP contribution in [-0.4, -0.2) is 28.0 Å². The molecule has 0 radical (unpaired) electrons. The molecule has 3 unspecified atom stereocenters. The molecule has 74 valence electrons. The van der Waals surface area contributed by atoms with Gasteiger partial charge in [0.1, 0.15) is 6.04 Å². The highest BCUT2D eigenvalue weighted by Crippen LogP contribution is 2.28. The molecule has 1 rings (SSSR count). The second-order valence-electron chi connectivity index (χ2n) is 3.30. The van der Waals surface area contributed by atoms with E-state index in [9.17, 15) is 9.59 Å². The van der Waals surface area contributed by atoms with Crippen LogP contribution in [0.25, 0.3) is 0 Å². The number of imide groups is 1. The van der Waals surface area contributed by atoms with E-state index >= 15 is 0 Å². The van der Waals surface area contributed by atoms with Crippen LogP contribution in [0.2, 0.25) is 0 Å². The summed E-state index contributed by atoms with van der Waals surface area (Å²) in [4.78, 5) is 22.1. The predicted molar refractivity (Wildman–Crippen MR) is 56.3 cm³/mol. The molecule has 3 atom stereocenters. The molecule has 6 heteroatoms. The summed E-state index contributed by atoms with van der Waals surface area (Å²) >= 11 is 8.54. The van der Waals surface area contributed by atoms with Crippen LogP contribution in [0.3, 0.4) is 0 Å². The van der Waals surface area contributed by atoms with E-state index < -0.39 is 16.8 Å². The van der Waals surface area contributed by atoms with Crippen LogP contribution in [0.15, 0.2) is 0 Å². The maximum Gasteiger partial charge on any atom is 0.322 e. The molecule has 0 aliphatic carbocycles. The van der Waals surface area contributed by atoms with Gasteiger partial charge in [-0.1, -0.05) is 6.92 Å². The number of hydrogen-bond donors (Lipinski definition) is 4. The fraction of sp³-hybridized carbons (Fsp3) is 0.714. The third kappa shape index (κ3) is 1.94. The Hall–Kier alpha value is -0.360. The van der Waals surface area contributed by atoms with Gasteiger partial charge in [0.15, 0.2) is 0 Å². The lowest BCUT2D eigenvalue weighted by atomic mass is 9.97. The number of thiol groups is 2. The number of amides is 3. The molecule has 0 aromatic carbocycles. The third-order valence-corrected chi connectivity index (χ3v) is 3.59. The molecule has 1 fully saturated rings. The van der Waals surface area contributed by atoms with Crippen molar-refractivity contribution in [2.75, 3.05) is 0 Å². The zero-order valence-corrected chi connectivity index (χ0v) is 9.15. The van der Waals surface area contributed by atoms with E-state index in [0.717, 1.165) is 0 Å². The fourth-order valence-electron chi connectivity index (χ4n) is 1.07. The number of urea groups is 1. The molecule has 0 aromatic rings. The minimum atomic E-state index is -0.653. The highest BCUT2D eigenvalue weighted by atomic mass is 32.1. The first-order valence-corrected chi connectivity index (χ1v) is 4.84. The number of hydrogen-bond acceptors (Lipinski definition) is 4. The molecule has 1 heterocycles. The van der Waals surface area contributed by atoms with Crippen molar-refractivity contribution in [3.05, 3.63) is 0 Å². The Balaban J connectivity index is 2.83. The van der Waals surface area contributed by atoms with E-state index in [0.29, 0.717) is 0 Å². The van der Waals surface area contributed by atoms with Crippen LogP contribution in [0.1, 0.15) is 13.8 Å². The summed E-state index contributed by atoms with van der Waals surface area (Å²) in [7, 11) is 0. The molecule has 1 aliphatic heterocycles. The lowest BCUT2D eigenvalue weighted by Gasteiger charge is -2.31. The van der Waals surface area contributed by atoms with E-state index in [1.54, 1.807) is 6.92 Å². The van der Waals surface area contributed by atoms with E-state index in [-0.39, 0.29) is 11.2 Å². The van der Waals surface area contributed by atoms with Gasteiger partial charge >= 0.3 is 6.03 Å². The van der Waals surface area contributed by atoms with Crippen LogP contribution in [0, 0.1) is 0 Å². The molecule has 3 amide bonds. The van der Waals surface area contributed by atoms with Crippen molar-refractivity contribution in [3.8, 4) is 0 Å². The third-order valence-electron chi connectivity index (χ3n) is 2.20. The highest BCUT2D eigenvalue weighted by Gasteiger charge is 2.44. The van der Waals surface area contributed by atoms with Crippen LogP contribution in [-0.2, 0) is 4.79 Å². The maximum absolute atomic E-state index is 11.3. The van der Waals surface area contributed by atoms with Gasteiger partial charge < -0.3 is 5.32 Å². The molecular formula is C7H12N2O2S2. The van der Waals surface area contributed by atoms with Gasteiger partial charge in [0, 0.05) is 5.25 Å². The van der Waals surface area contributed by atoms with Crippen LogP contribution in [0.5, 0.6) is 0 Å². The van der Waals surface area contributed by atoms with Crippen molar-refractivity contribution in [3.63, 3.8) is 0 Å². The Bertz CT molecular complexity index is 253. The topological polar surface area (TPSA) is 58.2 Å². The van der Waals surface area contributed by atoms with Crippen molar-refractivity contribution in [1.29, 1.82) is 0 Å². The van der Waals surface area contributed by atoms with Gasteiger partial charge in [-0.3, -0.25) is 10.1 Å². The lowest BCUT2D eigenvalue weighted by Crippen LogP contribution is -2.50. The van der Waals surface area contributed by atoms with Gasteiger partial charge in [0.25, 0.3) is 5.91 Å². The van der Waals surface area contributed by atoms with Gasteiger partial charge in [0.05, 0.1) is 4.75 Å². The molecule has 0 aromatic heterocycles. The van der Waals surface area contributed by atoms with Gasteiger partial charge in [-0.15, -0.1) is 0 Å². The van der Waals surface area contributed by atoms with Crippen molar-refractivity contribution < 1.29 is 9.59 Å². The summed E-state index contributed by atoms with van der Waals surface area (Å²) in [5.41, 5.74) is 0. The van der Waals surface area contributed by atoms with E-state index in [1.807, 2.05) is 6.92 Å².